The van der Waals surface area contributed by atoms with Crippen LogP contribution in [0.1, 0.15) is 10.4 Å². The summed E-state index contributed by atoms with van der Waals surface area (Å²) in [5, 5.41) is 0. The number of hydrogen-bond donors (Lipinski definition) is 0. The Bertz CT molecular complexity index is 1300. The van der Waals surface area contributed by atoms with Gasteiger partial charge >= 0.3 is 0 Å². The molecule has 0 atom stereocenters. The van der Waals surface area contributed by atoms with Gasteiger partial charge in [-0.2, -0.15) is 0 Å². The first-order valence-electron chi connectivity index (χ1n) is 8.69. The summed E-state index contributed by atoms with van der Waals surface area (Å²) in [5.41, 5.74) is 5.93. The fourth-order valence-electron chi connectivity index (χ4n) is 3.36. The molecule has 0 radical (unpaired) electrons. The van der Waals surface area contributed by atoms with Gasteiger partial charge in [-0.05, 0) is 35.4 Å². The molecule has 0 N–H and O–H groups in total. The minimum absolute atomic E-state index is 0.292. The summed E-state index contributed by atoms with van der Waals surface area (Å²) < 4.78 is 25.4. The van der Waals surface area contributed by atoms with Gasteiger partial charge in [-0.15, -0.1) is 0 Å². The van der Waals surface area contributed by atoms with Gasteiger partial charge in [0.25, 0.3) is 0 Å². The average molecular weight is 390 g/mol. The van der Waals surface area contributed by atoms with E-state index in [4.69, 9.17) is 0 Å². The maximum atomic E-state index is 11.7. The zero-order valence-corrected chi connectivity index (χ0v) is 16.3. The van der Waals surface area contributed by atoms with E-state index >= 15 is 0 Å². The van der Waals surface area contributed by atoms with Crippen molar-refractivity contribution >= 4 is 27.2 Å². The fourth-order valence-corrected chi connectivity index (χ4v) is 3.99. The first-order chi connectivity index (χ1) is 13.4. The van der Waals surface area contributed by atoms with Crippen LogP contribution in [0.2, 0.25) is 0 Å². The summed E-state index contributed by atoms with van der Waals surface area (Å²) in [6.45, 7) is 0. The van der Waals surface area contributed by atoms with Crippen molar-refractivity contribution in [1.29, 1.82) is 0 Å². The summed E-state index contributed by atoms with van der Waals surface area (Å²) in [5.74, 6) is 0. The minimum atomic E-state index is -3.23. The molecule has 28 heavy (non-hydrogen) atoms. The summed E-state index contributed by atoms with van der Waals surface area (Å²) in [6.07, 6.45) is 3.81. The van der Waals surface area contributed by atoms with Gasteiger partial charge in [-0.3, -0.25) is 9.78 Å². The average Bonchev–Trinajstić information content (AvgIpc) is 3.03. The van der Waals surface area contributed by atoms with E-state index in [1.807, 2.05) is 41.9 Å². The van der Waals surface area contributed by atoms with Crippen molar-refractivity contribution in [3.8, 4) is 22.4 Å². The number of fused-ring (bicyclic) bond motifs is 1. The number of nitrogens with zero attached hydrogens (tertiary/aromatic N) is 2. The Balaban J connectivity index is 1.83. The predicted octanol–water partition coefficient (Wildman–Crippen LogP) is 4.12. The highest BCUT2D eigenvalue weighted by atomic mass is 32.2. The molecule has 0 aliphatic carbocycles. The van der Waals surface area contributed by atoms with E-state index < -0.39 is 9.84 Å². The molecule has 2 heterocycles. The van der Waals surface area contributed by atoms with Crippen LogP contribution in [0.15, 0.2) is 71.8 Å². The molecule has 2 aromatic carbocycles. The Morgan fingerprint density at radius 1 is 0.964 bits per heavy atom. The van der Waals surface area contributed by atoms with Crippen LogP contribution < -0.4 is 0 Å². The molecule has 4 aromatic rings. The van der Waals surface area contributed by atoms with Gasteiger partial charge in [0.05, 0.1) is 21.6 Å². The highest BCUT2D eigenvalue weighted by molar-refractivity contribution is 7.90. The number of aldehydes is 1. The lowest BCUT2D eigenvalue weighted by atomic mass is 10.0. The van der Waals surface area contributed by atoms with Crippen LogP contribution in [-0.2, 0) is 16.9 Å². The molecule has 0 fully saturated rings. The molecule has 0 spiro atoms. The second-order valence-corrected chi connectivity index (χ2v) is 8.73. The second-order valence-electron chi connectivity index (χ2n) is 6.72. The van der Waals surface area contributed by atoms with Crippen molar-refractivity contribution in [3.63, 3.8) is 0 Å². The molecule has 0 bridgehead atoms. The molecule has 0 aliphatic rings. The normalized spacial score (nSPS) is 11.6. The van der Waals surface area contributed by atoms with Crippen molar-refractivity contribution in [1.82, 2.24) is 9.55 Å². The quantitative estimate of drug-likeness (QED) is 0.492. The van der Waals surface area contributed by atoms with Crippen LogP contribution in [0.4, 0.5) is 0 Å². The first-order valence-corrected chi connectivity index (χ1v) is 10.6. The van der Waals surface area contributed by atoms with Crippen molar-refractivity contribution < 1.29 is 13.2 Å². The number of hydrogen-bond acceptors (Lipinski definition) is 4. The maximum Gasteiger partial charge on any atom is 0.175 e. The summed E-state index contributed by atoms with van der Waals surface area (Å²) in [6, 6.07) is 18.2. The predicted molar refractivity (Wildman–Crippen MR) is 110 cm³/mol. The van der Waals surface area contributed by atoms with Crippen LogP contribution in [0, 0.1) is 0 Å². The van der Waals surface area contributed by atoms with Crippen molar-refractivity contribution in [2.75, 3.05) is 6.26 Å². The zero-order valence-electron chi connectivity index (χ0n) is 15.5. The van der Waals surface area contributed by atoms with Crippen molar-refractivity contribution in [2.24, 2.45) is 7.05 Å². The zero-order chi connectivity index (χ0) is 19.9. The molecule has 0 amide bonds. The van der Waals surface area contributed by atoms with Gasteiger partial charge < -0.3 is 4.57 Å². The fraction of sp³-hybridized carbons (Fsp3) is 0.0909. The van der Waals surface area contributed by atoms with Gasteiger partial charge in [0.1, 0.15) is 0 Å². The number of rotatable bonds is 4. The lowest BCUT2D eigenvalue weighted by Crippen LogP contribution is -1.97. The molecule has 0 saturated heterocycles. The first kappa shape index (κ1) is 18.1. The third-order valence-electron chi connectivity index (χ3n) is 4.87. The van der Waals surface area contributed by atoms with Gasteiger partial charge in [0.2, 0.25) is 0 Å². The number of pyridine rings is 1. The molecule has 4 rings (SSSR count). The van der Waals surface area contributed by atoms with Crippen LogP contribution >= 0.6 is 0 Å². The summed E-state index contributed by atoms with van der Waals surface area (Å²) in [7, 11) is -1.28. The Morgan fingerprint density at radius 2 is 1.68 bits per heavy atom. The van der Waals surface area contributed by atoms with E-state index in [-0.39, 0.29) is 0 Å². The third-order valence-corrected chi connectivity index (χ3v) is 6.00. The molecule has 0 aliphatic heterocycles. The van der Waals surface area contributed by atoms with Gasteiger partial charge in [0, 0.05) is 30.6 Å². The Labute approximate surface area is 163 Å². The molecule has 0 saturated carbocycles. The van der Waals surface area contributed by atoms with E-state index in [1.165, 1.54) is 6.26 Å². The van der Waals surface area contributed by atoms with E-state index in [0.717, 1.165) is 39.7 Å². The summed E-state index contributed by atoms with van der Waals surface area (Å²) in [4.78, 5) is 16.2. The maximum absolute atomic E-state index is 11.7. The topological polar surface area (TPSA) is 69.0 Å². The standard InChI is InChI=1S/C22H18N2O3S/c1-24-21(15-7-9-18(10-8-15)28(2,26)27)12-20-22(24)11-17(13-23-20)19-6-4-3-5-16(19)14-25/h3-14H,1-2H3. The number of benzene rings is 2. The van der Waals surface area contributed by atoms with E-state index in [2.05, 4.69) is 4.98 Å². The summed E-state index contributed by atoms with van der Waals surface area (Å²) >= 11 is 0. The minimum Gasteiger partial charge on any atom is -0.342 e. The van der Waals surface area contributed by atoms with Gasteiger partial charge in [-0.25, -0.2) is 8.42 Å². The molecular weight excluding hydrogens is 372 g/mol. The second kappa shape index (κ2) is 6.73. The number of carbonyl (C=O) groups excluding carboxylic acids is 1. The van der Waals surface area contributed by atoms with Crippen molar-refractivity contribution in [2.45, 2.75) is 4.90 Å². The molecule has 5 nitrogen and oxygen atoms in total. The number of sulfone groups is 1. The molecule has 140 valence electrons. The number of aryl methyl sites for hydroxylation is 1. The Kier molecular flexibility index (Phi) is 4.35. The van der Waals surface area contributed by atoms with Crippen molar-refractivity contribution in [3.05, 3.63) is 72.4 Å². The third kappa shape index (κ3) is 3.12. The Hall–Kier alpha value is -3.25. The van der Waals surface area contributed by atoms with E-state index in [1.54, 1.807) is 36.5 Å². The van der Waals surface area contributed by atoms with Crippen LogP contribution in [0.5, 0.6) is 0 Å². The SMILES string of the molecule is Cn1c(-c2ccc(S(C)(=O)=O)cc2)cc2ncc(-c3ccccc3C=O)cc21. The van der Waals surface area contributed by atoms with E-state index in [0.29, 0.717) is 10.5 Å². The molecule has 0 unspecified atom stereocenters. The number of aromatic nitrogens is 2. The van der Waals surface area contributed by atoms with Gasteiger partial charge in [-0.1, -0.05) is 36.4 Å². The smallest absolute Gasteiger partial charge is 0.175 e. The largest absolute Gasteiger partial charge is 0.342 e. The van der Waals surface area contributed by atoms with Crippen LogP contribution in [0.3, 0.4) is 0 Å². The highest BCUT2D eigenvalue weighted by Gasteiger charge is 2.13. The Morgan fingerprint density at radius 3 is 2.36 bits per heavy atom. The lowest BCUT2D eigenvalue weighted by Gasteiger charge is -2.07. The van der Waals surface area contributed by atoms with Gasteiger partial charge in [0.15, 0.2) is 16.1 Å². The van der Waals surface area contributed by atoms with E-state index in [9.17, 15) is 13.2 Å². The highest BCUT2D eigenvalue weighted by Crippen LogP contribution is 2.30. The number of carbonyl (C=O) groups is 1. The molecule has 2 aromatic heterocycles. The molecular formula is C22H18N2O3S. The lowest BCUT2D eigenvalue weighted by molar-refractivity contribution is 0.112. The monoisotopic (exact) mass is 390 g/mol. The van der Waals surface area contributed by atoms with Crippen LogP contribution in [-0.4, -0.2) is 30.5 Å². The molecule has 6 heteroatoms. The van der Waals surface area contributed by atoms with Crippen LogP contribution in [0.25, 0.3) is 33.4 Å².